The molecule has 2 fully saturated rings. The Kier molecular flexibility index (Phi) is 5.05. The van der Waals surface area contributed by atoms with E-state index in [2.05, 4.69) is 0 Å². The number of para-hydroxylation sites is 1. The molecule has 2 aliphatic heterocycles. The molecule has 0 aromatic heterocycles. The summed E-state index contributed by atoms with van der Waals surface area (Å²) >= 11 is 0. The number of benzene rings is 1. The van der Waals surface area contributed by atoms with E-state index < -0.39 is 20.6 Å². The van der Waals surface area contributed by atoms with Crippen molar-refractivity contribution in [1.82, 2.24) is 9.21 Å². The number of amides is 1. The molecule has 1 aromatic carbocycles. The topological polar surface area (TPSA) is 101 Å². The molecule has 9 heteroatoms. The predicted octanol–water partition coefficient (Wildman–Crippen LogP) is 1.62. The Bertz CT molecular complexity index is 774. The van der Waals surface area contributed by atoms with Crippen LogP contribution < -0.4 is 0 Å². The summed E-state index contributed by atoms with van der Waals surface area (Å²) in [5, 5.41) is 11.2. The Hall–Kier alpha value is -2.00. The molecule has 0 N–H and O–H groups in total. The summed E-state index contributed by atoms with van der Waals surface area (Å²) in [6, 6.07) is 5.34. The van der Waals surface area contributed by atoms with Crippen molar-refractivity contribution in [3.8, 4) is 0 Å². The lowest BCUT2D eigenvalue weighted by Crippen LogP contribution is -2.46. The van der Waals surface area contributed by atoms with Gasteiger partial charge in [0.25, 0.3) is 5.69 Å². The minimum Gasteiger partial charge on any atom is -0.342 e. The highest BCUT2D eigenvalue weighted by atomic mass is 32.2. The van der Waals surface area contributed by atoms with Crippen molar-refractivity contribution in [3.05, 3.63) is 34.4 Å². The maximum Gasteiger partial charge on any atom is 0.289 e. The second-order valence-corrected chi connectivity index (χ2v) is 8.37. The number of likely N-dealkylation sites (tertiary alicyclic amines) is 1. The molecule has 0 unspecified atom stereocenters. The minimum absolute atomic E-state index is 0.0000357. The van der Waals surface area contributed by atoms with Gasteiger partial charge >= 0.3 is 0 Å². The summed E-state index contributed by atoms with van der Waals surface area (Å²) in [6.07, 6.45) is 3.19. The number of hydrogen-bond acceptors (Lipinski definition) is 5. The Labute approximate surface area is 146 Å². The fraction of sp³-hybridized carbons (Fsp3) is 0.562. The molecule has 0 aliphatic carbocycles. The van der Waals surface area contributed by atoms with Gasteiger partial charge in [-0.05, 0) is 31.7 Å². The van der Waals surface area contributed by atoms with Gasteiger partial charge in [0.15, 0.2) is 4.90 Å². The van der Waals surface area contributed by atoms with E-state index in [1.807, 2.05) is 0 Å². The van der Waals surface area contributed by atoms with Gasteiger partial charge in [-0.3, -0.25) is 14.9 Å². The fourth-order valence-corrected chi connectivity index (χ4v) is 5.20. The third kappa shape index (κ3) is 3.52. The molecule has 0 spiro atoms. The van der Waals surface area contributed by atoms with E-state index in [1.165, 1.54) is 28.6 Å². The van der Waals surface area contributed by atoms with Crippen LogP contribution in [0.5, 0.6) is 0 Å². The molecule has 0 bridgehead atoms. The van der Waals surface area contributed by atoms with Crippen LogP contribution in [0.15, 0.2) is 29.2 Å². The second-order valence-electron chi connectivity index (χ2n) is 6.46. The van der Waals surface area contributed by atoms with Gasteiger partial charge < -0.3 is 4.90 Å². The van der Waals surface area contributed by atoms with Crippen LogP contribution in [0.1, 0.15) is 25.7 Å². The molecule has 25 heavy (non-hydrogen) atoms. The highest BCUT2D eigenvalue weighted by Gasteiger charge is 2.38. The van der Waals surface area contributed by atoms with Crippen LogP contribution in [0.4, 0.5) is 5.69 Å². The van der Waals surface area contributed by atoms with Gasteiger partial charge in [0.05, 0.1) is 10.8 Å². The van der Waals surface area contributed by atoms with Crippen LogP contribution in [-0.2, 0) is 14.8 Å². The average molecular weight is 367 g/mol. The standard InChI is InChI=1S/C16H21N3O5S/c20-16(17-9-3-4-10-17)13-6-5-11-18(12-13)25(23,24)15-8-2-1-7-14(15)19(21)22/h1-2,7-8,13H,3-6,9-12H2/t13-/m1/s1. The molecule has 1 atom stereocenters. The van der Waals surface area contributed by atoms with Crippen LogP contribution in [0.2, 0.25) is 0 Å². The number of nitrogens with zero attached hydrogens (tertiary/aromatic N) is 3. The van der Waals surface area contributed by atoms with Crippen molar-refractivity contribution in [2.45, 2.75) is 30.6 Å². The lowest BCUT2D eigenvalue weighted by atomic mass is 9.98. The van der Waals surface area contributed by atoms with Crippen LogP contribution in [0.25, 0.3) is 0 Å². The molecule has 0 saturated carbocycles. The Morgan fingerprint density at radius 1 is 1.12 bits per heavy atom. The summed E-state index contributed by atoms with van der Waals surface area (Å²) in [4.78, 5) is 24.5. The molecular weight excluding hydrogens is 346 g/mol. The third-order valence-corrected chi connectivity index (χ3v) is 6.74. The predicted molar refractivity (Wildman–Crippen MR) is 90.4 cm³/mol. The van der Waals surface area contributed by atoms with Crippen molar-refractivity contribution >= 4 is 21.6 Å². The number of rotatable bonds is 4. The largest absolute Gasteiger partial charge is 0.342 e. The summed E-state index contributed by atoms with van der Waals surface area (Å²) in [6.45, 7) is 1.82. The molecule has 0 radical (unpaired) electrons. The fourth-order valence-electron chi connectivity index (χ4n) is 3.52. The van der Waals surface area contributed by atoms with Gasteiger partial charge in [0.2, 0.25) is 15.9 Å². The van der Waals surface area contributed by atoms with E-state index in [0.717, 1.165) is 25.9 Å². The van der Waals surface area contributed by atoms with E-state index in [1.54, 1.807) is 4.90 Å². The lowest BCUT2D eigenvalue weighted by Gasteiger charge is -2.33. The molecule has 8 nitrogen and oxygen atoms in total. The zero-order chi connectivity index (χ0) is 18.0. The molecule has 2 aliphatic rings. The van der Waals surface area contributed by atoms with Gasteiger partial charge in [-0.2, -0.15) is 4.31 Å². The number of carbonyl (C=O) groups is 1. The molecule has 2 saturated heterocycles. The van der Waals surface area contributed by atoms with E-state index in [9.17, 15) is 23.3 Å². The van der Waals surface area contributed by atoms with Crippen molar-refractivity contribution in [1.29, 1.82) is 0 Å². The summed E-state index contributed by atoms with van der Waals surface area (Å²) in [5.74, 6) is -0.371. The first kappa shape index (κ1) is 17.8. The molecule has 1 amide bonds. The van der Waals surface area contributed by atoms with Crippen LogP contribution in [-0.4, -0.2) is 54.6 Å². The normalized spacial score (nSPS) is 22.1. The maximum absolute atomic E-state index is 12.9. The Balaban J connectivity index is 1.83. The van der Waals surface area contributed by atoms with Gasteiger partial charge in [0, 0.05) is 32.2 Å². The van der Waals surface area contributed by atoms with Gasteiger partial charge in [-0.25, -0.2) is 8.42 Å². The van der Waals surface area contributed by atoms with Crippen LogP contribution in [0.3, 0.4) is 0 Å². The number of piperidine rings is 1. The first-order chi connectivity index (χ1) is 11.9. The van der Waals surface area contributed by atoms with Crippen LogP contribution in [0, 0.1) is 16.0 Å². The number of nitro groups is 1. The van der Waals surface area contributed by atoms with Crippen molar-refractivity contribution in [2.75, 3.05) is 26.2 Å². The molecule has 1 aromatic rings. The Morgan fingerprint density at radius 3 is 2.48 bits per heavy atom. The van der Waals surface area contributed by atoms with Crippen LogP contribution >= 0.6 is 0 Å². The molecular formula is C16H21N3O5S. The third-order valence-electron chi connectivity index (χ3n) is 4.83. The van der Waals surface area contributed by atoms with E-state index in [-0.39, 0.29) is 29.8 Å². The monoisotopic (exact) mass is 367 g/mol. The minimum atomic E-state index is -4.01. The highest BCUT2D eigenvalue weighted by Crippen LogP contribution is 2.30. The molecule has 2 heterocycles. The highest BCUT2D eigenvalue weighted by molar-refractivity contribution is 7.89. The number of carbonyl (C=O) groups excluding carboxylic acids is 1. The number of hydrogen-bond donors (Lipinski definition) is 0. The Morgan fingerprint density at radius 2 is 1.80 bits per heavy atom. The van der Waals surface area contributed by atoms with Crippen molar-refractivity contribution in [3.63, 3.8) is 0 Å². The smallest absolute Gasteiger partial charge is 0.289 e. The first-order valence-electron chi connectivity index (χ1n) is 8.43. The average Bonchev–Trinajstić information content (AvgIpc) is 3.16. The van der Waals surface area contributed by atoms with Gasteiger partial charge in [-0.1, -0.05) is 12.1 Å². The van der Waals surface area contributed by atoms with Gasteiger partial charge in [-0.15, -0.1) is 0 Å². The second kappa shape index (κ2) is 7.09. The lowest BCUT2D eigenvalue weighted by molar-refractivity contribution is -0.387. The summed E-state index contributed by atoms with van der Waals surface area (Å²) in [7, 11) is -4.01. The molecule has 136 valence electrons. The summed E-state index contributed by atoms with van der Waals surface area (Å²) in [5.41, 5.74) is -0.435. The number of nitro benzene ring substituents is 1. The number of sulfonamides is 1. The van der Waals surface area contributed by atoms with E-state index in [0.29, 0.717) is 12.8 Å². The summed E-state index contributed by atoms with van der Waals surface area (Å²) < 4.78 is 27.0. The zero-order valence-electron chi connectivity index (χ0n) is 13.8. The first-order valence-corrected chi connectivity index (χ1v) is 9.87. The van der Waals surface area contributed by atoms with E-state index in [4.69, 9.17) is 0 Å². The van der Waals surface area contributed by atoms with Gasteiger partial charge in [0.1, 0.15) is 0 Å². The SMILES string of the molecule is O=C([C@@H]1CCCN(S(=O)(=O)c2ccccc2[N+](=O)[O-])C1)N1CCCC1. The zero-order valence-corrected chi connectivity index (χ0v) is 14.7. The van der Waals surface area contributed by atoms with E-state index >= 15 is 0 Å². The quantitative estimate of drug-likeness (QED) is 0.594. The molecule has 3 rings (SSSR count). The van der Waals surface area contributed by atoms with Crippen molar-refractivity contribution in [2.24, 2.45) is 5.92 Å². The maximum atomic E-state index is 12.9. The van der Waals surface area contributed by atoms with Crippen molar-refractivity contribution < 1.29 is 18.1 Å².